The standard InChI is InChI=1S/C12H23NO5/c1-9(14)13(2)10(12(17)18)7-5-3-4-6-8-11(15)16/h9-10,14H,3-8H2,1-2H3,(H,15,16)(H,17,18). The number of carboxylic acids is 2. The summed E-state index contributed by atoms with van der Waals surface area (Å²) in [4.78, 5) is 22.7. The van der Waals surface area contributed by atoms with Crippen molar-refractivity contribution in [2.45, 2.75) is 57.7 Å². The number of unbranched alkanes of at least 4 members (excludes halogenated alkanes) is 3. The third-order valence-electron chi connectivity index (χ3n) is 2.98. The fourth-order valence-electron chi connectivity index (χ4n) is 1.73. The van der Waals surface area contributed by atoms with E-state index in [0.29, 0.717) is 19.3 Å². The molecule has 18 heavy (non-hydrogen) atoms. The normalized spacial score (nSPS) is 14.4. The zero-order chi connectivity index (χ0) is 14.1. The highest BCUT2D eigenvalue weighted by molar-refractivity contribution is 5.73. The molecule has 0 spiro atoms. The highest BCUT2D eigenvalue weighted by Crippen LogP contribution is 2.12. The molecule has 0 aromatic rings. The lowest BCUT2D eigenvalue weighted by Crippen LogP contribution is -2.43. The zero-order valence-corrected chi connectivity index (χ0v) is 11.0. The Morgan fingerprint density at radius 3 is 2.11 bits per heavy atom. The van der Waals surface area contributed by atoms with E-state index in [1.54, 1.807) is 7.05 Å². The number of likely N-dealkylation sites (N-methyl/N-ethyl adjacent to an activating group) is 1. The van der Waals surface area contributed by atoms with E-state index in [0.717, 1.165) is 12.8 Å². The van der Waals surface area contributed by atoms with Crippen LogP contribution in [-0.4, -0.2) is 51.5 Å². The molecule has 0 amide bonds. The van der Waals surface area contributed by atoms with Gasteiger partial charge in [-0.15, -0.1) is 0 Å². The molecule has 2 atom stereocenters. The summed E-state index contributed by atoms with van der Waals surface area (Å²) in [6.45, 7) is 1.53. The van der Waals surface area contributed by atoms with Crippen LogP contribution in [0.1, 0.15) is 45.4 Å². The fourth-order valence-corrected chi connectivity index (χ4v) is 1.73. The molecular weight excluding hydrogens is 238 g/mol. The third-order valence-corrected chi connectivity index (χ3v) is 2.98. The Balaban J connectivity index is 3.85. The maximum atomic E-state index is 11.0. The Morgan fingerprint density at radius 2 is 1.67 bits per heavy atom. The number of nitrogens with zero attached hydrogens (tertiary/aromatic N) is 1. The topological polar surface area (TPSA) is 98.1 Å². The minimum Gasteiger partial charge on any atom is -0.481 e. The molecule has 6 nitrogen and oxygen atoms in total. The molecule has 106 valence electrons. The highest BCUT2D eigenvalue weighted by Gasteiger charge is 2.24. The first-order chi connectivity index (χ1) is 8.36. The van der Waals surface area contributed by atoms with Crippen LogP contribution in [-0.2, 0) is 9.59 Å². The van der Waals surface area contributed by atoms with Crippen LogP contribution in [0, 0.1) is 0 Å². The molecule has 0 saturated carbocycles. The van der Waals surface area contributed by atoms with Gasteiger partial charge in [0.05, 0.1) is 0 Å². The van der Waals surface area contributed by atoms with Gasteiger partial charge in [0.15, 0.2) is 0 Å². The summed E-state index contributed by atoms with van der Waals surface area (Å²) in [6, 6.07) is -0.690. The smallest absolute Gasteiger partial charge is 0.320 e. The van der Waals surface area contributed by atoms with Gasteiger partial charge in [0.25, 0.3) is 0 Å². The van der Waals surface area contributed by atoms with Gasteiger partial charge in [-0.05, 0) is 26.8 Å². The Labute approximate surface area is 107 Å². The molecule has 0 aromatic heterocycles. The second kappa shape index (κ2) is 8.88. The van der Waals surface area contributed by atoms with E-state index in [9.17, 15) is 14.7 Å². The van der Waals surface area contributed by atoms with Gasteiger partial charge in [-0.2, -0.15) is 0 Å². The molecule has 0 fully saturated rings. The minimum absolute atomic E-state index is 0.163. The van der Waals surface area contributed by atoms with Crippen molar-refractivity contribution in [1.82, 2.24) is 4.90 Å². The third kappa shape index (κ3) is 7.24. The Morgan fingerprint density at radius 1 is 1.11 bits per heavy atom. The second-order valence-electron chi connectivity index (χ2n) is 4.50. The van der Waals surface area contributed by atoms with Crippen molar-refractivity contribution in [1.29, 1.82) is 0 Å². The van der Waals surface area contributed by atoms with Gasteiger partial charge in [0, 0.05) is 6.42 Å². The average Bonchev–Trinajstić information content (AvgIpc) is 2.26. The second-order valence-corrected chi connectivity index (χ2v) is 4.50. The first-order valence-electron chi connectivity index (χ1n) is 6.21. The van der Waals surface area contributed by atoms with Gasteiger partial charge in [-0.1, -0.05) is 19.3 Å². The van der Waals surface area contributed by atoms with Crippen LogP contribution in [0.4, 0.5) is 0 Å². The van der Waals surface area contributed by atoms with E-state index >= 15 is 0 Å². The van der Waals surface area contributed by atoms with E-state index < -0.39 is 24.2 Å². The number of carboxylic acid groups (broad SMARTS) is 2. The van der Waals surface area contributed by atoms with E-state index in [4.69, 9.17) is 10.2 Å². The van der Waals surface area contributed by atoms with Crippen molar-refractivity contribution >= 4 is 11.9 Å². The lowest BCUT2D eigenvalue weighted by molar-refractivity contribution is -0.147. The summed E-state index contributed by atoms with van der Waals surface area (Å²) in [7, 11) is 1.58. The van der Waals surface area contributed by atoms with Crippen molar-refractivity contribution in [2.24, 2.45) is 0 Å². The first-order valence-corrected chi connectivity index (χ1v) is 6.21. The van der Waals surface area contributed by atoms with Crippen LogP contribution in [0.2, 0.25) is 0 Å². The molecule has 0 aliphatic rings. The van der Waals surface area contributed by atoms with Crippen molar-refractivity contribution in [3.8, 4) is 0 Å². The molecule has 0 rings (SSSR count). The van der Waals surface area contributed by atoms with E-state index in [2.05, 4.69) is 0 Å². The number of carbonyl (C=O) groups is 2. The zero-order valence-electron chi connectivity index (χ0n) is 11.0. The number of rotatable bonds is 10. The van der Waals surface area contributed by atoms with Crippen molar-refractivity contribution in [2.75, 3.05) is 7.05 Å². The summed E-state index contributed by atoms with van der Waals surface area (Å²) < 4.78 is 0. The van der Waals surface area contributed by atoms with Gasteiger partial charge < -0.3 is 15.3 Å². The van der Waals surface area contributed by atoms with Crippen LogP contribution in [0.3, 0.4) is 0 Å². The number of aliphatic carboxylic acids is 2. The molecule has 0 aliphatic carbocycles. The van der Waals surface area contributed by atoms with Crippen LogP contribution in [0.5, 0.6) is 0 Å². The van der Waals surface area contributed by atoms with Crippen LogP contribution >= 0.6 is 0 Å². The van der Waals surface area contributed by atoms with E-state index in [1.807, 2.05) is 0 Å². The van der Waals surface area contributed by atoms with Crippen LogP contribution < -0.4 is 0 Å². The monoisotopic (exact) mass is 261 g/mol. The van der Waals surface area contributed by atoms with E-state index in [-0.39, 0.29) is 6.42 Å². The Bertz CT molecular complexity index is 267. The molecule has 0 aliphatic heterocycles. The number of aliphatic hydroxyl groups excluding tert-OH is 1. The molecular formula is C12H23NO5. The quantitative estimate of drug-likeness (QED) is 0.403. The summed E-state index contributed by atoms with van der Waals surface area (Å²) in [5.74, 6) is -1.74. The predicted molar refractivity (Wildman–Crippen MR) is 66.2 cm³/mol. The summed E-state index contributed by atoms with van der Waals surface area (Å²) >= 11 is 0. The van der Waals surface area contributed by atoms with Gasteiger partial charge in [0.1, 0.15) is 12.3 Å². The van der Waals surface area contributed by atoms with Crippen molar-refractivity contribution in [3.63, 3.8) is 0 Å². The van der Waals surface area contributed by atoms with Gasteiger partial charge in [0.2, 0.25) is 0 Å². The maximum Gasteiger partial charge on any atom is 0.320 e. The van der Waals surface area contributed by atoms with Crippen molar-refractivity contribution < 1.29 is 24.9 Å². The van der Waals surface area contributed by atoms with Gasteiger partial charge in [-0.3, -0.25) is 14.5 Å². The summed E-state index contributed by atoms with van der Waals surface area (Å²) in [6.07, 6.45) is 2.77. The van der Waals surface area contributed by atoms with Gasteiger partial charge >= 0.3 is 11.9 Å². The number of hydrogen-bond donors (Lipinski definition) is 3. The molecule has 0 heterocycles. The molecule has 2 unspecified atom stereocenters. The van der Waals surface area contributed by atoms with Crippen molar-refractivity contribution in [3.05, 3.63) is 0 Å². The first kappa shape index (κ1) is 16.9. The minimum atomic E-state index is -0.941. The molecule has 0 saturated heterocycles. The maximum absolute atomic E-state index is 11.0. The molecule has 0 bridgehead atoms. The van der Waals surface area contributed by atoms with E-state index in [1.165, 1.54) is 11.8 Å². The van der Waals surface area contributed by atoms with Crippen LogP contribution in [0.15, 0.2) is 0 Å². The molecule has 0 radical (unpaired) electrons. The lowest BCUT2D eigenvalue weighted by atomic mass is 10.1. The molecule has 3 N–H and O–H groups in total. The molecule has 6 heteroatoms. The Kier molecular flexibility index (Phi) is 8.32. The highest BCUT2D eigenvalue weighted by atomic mass is 16.4. The average molecular weight is 261 g/mol. The Hall–Kier alpha value is -1.14. The lowest BCUT2D eigenvalue weighted by Gasteiger charge is -2.27. The number of hydrogen-bond acceptors (Lipinski definition) is 4. The largest absolute Gasteiger partial charge is 0.481 e. The summed E-state index contributed by atoms with van der Waals surface area (Å²) in [5, 5.41) is 26.8. The van der Waals surface area contributed by atoms with Gasteiger partial charge in [-0.25, -0.2) is 0 Å². The number of aliphatic hydroxyl groups is 1. The fraction of sp³-hybridized carbons (Fsp3) is 0.833. The molecule has 0 aromatic carbocycles. The predicted octanol–water partition coefficient (Wildman–Crippen LogP) is 1.13. The summed E-state index contributed by atoms with van der Waals surface area (Å²) in [5.41, 5.74) is 0. The SMILES string of the molecule is CC(O)N(C)C(CCCCCCC(=O)O)C(=O)O. The van der Waals surface area contributed by atoms with Crippen LogP contribution in [0.25, 0.3) is 0 Å².